The normalized spacial score (nSPS) is 24.6. The fraction of sp³-hybridized carbons (Fsp3) is 0.200. The number of carbonyl (C=O) groups excluding carboxylic acids is 2. The van der Waals surface area contributed by atoms with E-state index in [2.05, 4.69) is 5.32 Å². The molecule has 2 amide bonds. The Morgan fingerprint density at radius 3 is 2.03 bits per heavy atom. The maximum atomic E-state index is 13.5. The largest absolute Gasteiger partial charge is 0.305 e. The molecule has 7 heteroatoms. The molecule has 2 fully saturated rings. The van der Waals surface area contributed by atoms with Crippen molar-refractivity contribution >= 4 is 23.2 Å². The van der Waals surface area contributed by atoms with Gasteiger partial charge in [0.2, 0.25) is 11.8 Å². The number of carbonyl (C=O) groups is 2. The fourth-order valence-electron chi connectivity index (χ4n) is 4.92. The van der Waals surface area contributed by atoms with Crippen LogP contribution in [-0.4, -0.2) is 22.8 Å². The van der Waals surface area contributed by atoms with Crippen LogP contribution in [0.5, 0.6) is 0 Å². The fourth-order valence-corrected chi connectivity index (χ4v) is 4.92. The Hall–Kier alpha value is -3.84. The zero-order valence-electron chi connectivity index (χ0n) is 17.1. The summed E-state index contributed by atoms with van der Waals surface area (Å²) in [7, 11) is 0. The molecule has 1 N–H and O–H groups in total. The summed E-state index contributed by atoms with van der Waals surface area (Å²) < 4.78 is 0. The number of benzene rings is 3. The van der Waals surface area contributed by atoms with Crippen LogP contribution in [0.1, 0.15) is 17.2 Å². The highest BCUT2D eigenvalue weighted by molar-refractivity contribution is 6.22. The minimum absolute atomic E-state index is 0.0103. The summed E-state index contributed by atoms with van der Waals surface area (Å²) >= 11 is 0. The van der Waals surface area contributed by atoms with E-state index in [1.54, 1.807) is 36.4 Å². The number of hydrogen-bond donors (Lipinski definition) is 1. The predicted octanol–water partition coefficient (Wildman–Crippen LogP) is 3.66. The number of rotatable bonds is 5. The predicted molar refractivity (Wildman–Crippen MR) is 119 cm³/mol. The van der Waals surface area contributed by atoms with Gasteiger partial charge < -0.3 is 5.32 Å². The van der Waals surface area contributed by atoms with Crippen LogP contribution in [-0.2, 0) is 16.0 Å². The molecule has 7 nitrogen and oxygen atoms in total. The average molecular weight is 427 g/mol. The Kier molecular flexibility index (Phi) is 5.03. The maximum absolute atomic E-state index is 13.5. The van der Waals surface area contributed by atoms with Gasteiger partial charge in [0.05, 0.1) is 22.4 Å². The van der Waals surface area contributed by atoms with Crippen molar-refractivity contribution in [3.05, 3.63) is 106 Å². The monoisotopic (exact) mass is 427 g/mol. The van der Waals surface area contributed by atoms with E-state index in [1.165, 1.54) is 17.0 Å². The Bertz CT molecular complexity index is 1160. The number of hydrogen-bond acceptors (Lipinski definition) is 5. The Balaban J connectivity index is 1.53. The first-order chi connectivity index (χ1) is 15.5. The number of nitrogens with zero attached hydrogens (tertiary/aromatic N) is 2. The van der Waals surface area contributed by atoms with Gasteiger partial charge in [0.15, 0.2) is 0 Å². The van der Waals surface area contributed by atoms with Gasteiger partial charge in [0.25, 0.3) is 5.69 Å². The van der Waals surface area contributed by atoms with E-state index in [9.17, 15) is 19.7 Å². The number of para-hydroxylation sites is 1. The van der Waals surface area contributed by atoms with Gasteiger partial charge in [-0.05, 0) is 29.7 Å². The van der Waals surface area contributed by atoms with E-state index in [0.29, 0.717) is 12.1 Å². The van der Waals surface area contributed by atoms with E-state index >= 15 is 0 Å². The van der Waals surface area contributed by atoms with E-state index in [0.717, 1.165) is 11.1 Å². The molecule has 0 aliphatic carbocycles. The number of fused-ring (bicyclic) bond motifs is 1. The number of nitro benzene ring substituents is 1. The van der Waals surface area contributed by atoms with Crippen molar-refractivity contribution < 1.29 is 14.5 Å². The number of imide groups is 1. The molecule has 0 saturated carbocycles. The van der Waals surface area contributed by atoms with Gasteiger partial charge in [-0.3, -0.25) is 19.7 Å². The maximum Gasteiger partial charge on any atom is 0.269 e. The van der Waals surface area contributed by atoms with Gasteiger partial charge in [0.1, 0.15) is 0 Å². The first-order valence-corrected chi connectivity index (χ1v) is 10.5. The van der Waals surface area contributed by atoms with Gasteiger partial charge in [0, 0.05) is 24.2 Å². The molecular formula is C25H21N3O4. The molecule has 2 saturated heterocycles. The van der Waals surface area contributed by atoms with Crippen LogP contribution in [0.2, 0.25) is 0 Å². The van der Waals surface area contributed by atoms with Crippen LogP contribution in [0.15, 0.2) is 84.9 Å². The third kappa shape index (κ3) is 3.36. The third-order valence-corrected chi connectivity index (χ3v) is 6.36. The minimum Gasteiger partial charge on any atom is -0.305 e. The second-order valence-electron chi connectivity index (χ2n) is 8.19. The lowest BCUT2D eigenvalue weighted by molar-refractivity contribution is -0.384. The Morgan fingerprint density at radius 2 is 1.41 bits per heavy atom. The van der Waals surface area contributed by atoms with E-state index in [-0.39, 0.29) is 23.5 Å². The van der Waals surface area contributed by atoms with Gasteiger partial charge in [-0.25, -0.2) is 4.90 Å². The van der Waals surface area contributed by atoms with Gasteiger partial charge >= 0.3 is 0 Å². The highest BCUT2D eigenvalue weighted by Crippen LogP contribution is 2.46. The van der Waals surface area contributed by atoms with Crippen molar-refractivity contribution in [1.82, 2.24) is 5.32 Å². The molecule has 2 aliphatic rings. The number of anilines is 1. The van der Waals surface area contributed by atoms with E-state index < -0.39 is 22.8 Å². The number of nitrogens with one attached hydrogen (secondary N) is 1. The first-order valence-electron chi connectivity index (χ1n) is 10.5. The van der Waals surface area contributed by atoms with Crippen LogP contribution in [0.3, 0.4) is 0 Å². The summed E-state index contributed by atoms with van der Waals surface area (Å²) in [6.07, 6.45) is 0.604. The topological polar surface area (TPSA) is 92.5 Å². The molecule has 0 aromatic heterocycles. The summed E-state index contributed by atoms with van der Waals surface area (Å²) in [5.41, 5.74) is 2.39. The van der Waals surface area contributed by atoms with Crippen molar-refractivity contribution in [3.8, 4) is 0 Å². The van der Waals surface area contributed by atoms with Crippen molar-refractivity contribution in [3.63, 3.8) is 0 Å². The van der Waals surface area contributed by atoms with Crippen molar-refractivity contribution in [2.24, 2.45) is 11.8 Å². The summed E-state index contributed by atoms with van der Waals surface area (Å²) in [6, 6.07) is 24.4. The smallest absolute Gasteiger partial charge is 0.269 e. The van der Waals surface area contributed by atoms with Crippen LogP contribution in [0.25, 0.3) is 0 Å². The molecule has 160 valence electrons. The summed E-state index contributed by atoms with van der Waals surface area (Å²) in [5.74, 6) is -1.53. The molecule has 3 aromatic carbocycles. The van der Waals surface area contributed by atoms with Crippen LogP contribution < -0.4 is 10.2 Å². The molecule has 4 atom stereocenters. The van der Waals surface area contributed by atoms with Crippen molar-refractivity contribution in [2.45, 2.75) is 18.5 Å². The zero-order valence-corrected chi connectivity index (χ0v) is 17.1. The zero-order chi connectivity index (χ0) is 22.2. The summed E-state index contributed by atoms with van der Waals surface area (Å²) in [4.78, 5) is 38.9. The quantitative estimate of drug-likeness (QED) is 0.381. The van der Waals surface area contributed by atoms with Gasteiger partial charge in [-0.1, -0.05) is 60.7 Å². The molecule has 32 heavy (non-hydrogen) atoms. The van der Waals surface area contributed by atoms with Crippen LogP contribution >= 0.6 is 0 Å². The minimum atomic E-state index is -0.571. The molecule has 2 aliphatic heterocycles. The molecule has 5 rings (SSSR count). The number of nitro groups is 1. The second kappa shape index (κ2) is 8.01. The third-order valence-electron chi connectivity index (χ3n) is 6.36. The molecule has 2 heterocycles. The molecule has 0 radical (unpaired) electrons. The molecule has 0 spiro atoms. The van der Waals surface area contributed by atoms with E-state index in [4.69, 9.17) is 0 Å². The summed E-state index contributed by atoms with van der Waals surface area (Å²) in [6.45, 7) is 0. The van der Waals surface area contributed by atoms with Crippen LogP contribution in [0, 0.1) is 22.0 Å². The molecule has 3 aromatic rings. The molecule has 0 bridgehead atoms. The summed E-state index contributed by atoms with van der Waals surface area (Å²) in [5, 5.41) is 14.6. The van der Waals surface area contributed by atoms with Crippen molar-refractivity contribution in [2.75, 3.05) is 4.90 Å². The molecular weight excluding hydrogens is 406 g/mol. The highest BCUT2D eigenvalue weighted by atomic mass is 16.6. The average Bonchev–Trinajstić information content (AvgIpc) is 3.31. The van der Waals surface area contributed by atoms with Gasteiger partial charge in [-0.2, -0.15) is 0 Å². The van der Waals surface area contributed by atoms with Crippen molar-refractivity contribution in [1.29, 1.82) is 0 Å². The van der Waals surface area contributed by atoms with Crippen LogP contribution in [0.4, 0.5) is 11.4 Å². The van der Waals surface area contributed by atoms with Gasteiger partial charge in [-0.15, -0.1) is 0 Å². The van der Waals surface area contributed by atoms with E-state index in [1.807, 2.05) is 36.4 Å². The highest BCUT2D eigenvalue weighted by Gasteiger charge is 2.59. The first kappa shape index (κ1) is 20.1. The second-order valence-corrected chi connectivity index (χ2v) is 8.19. The Morgan fingerprint density at radius 1 is 0.812 bits per heavy atom. The lowest BCUT2D eigenvalue weighted by atomic mass is 9.85. The standard InChI is InChI=1S/C25H21N3O4/c29-24-21-20(15-16-7-3-1-4-8-16)26-23(17-11-13-19(14-12-17)28(31)32)22(21)25(30)27(24)18-9-5-2-6-10-18/h1-14,20-23,26H,15H2. The Labute approximate surface area is 184 Å². The number of amides is 2. The number of non-ortho nitro benzene ring substituents is 1. The SMILES string of the molecule is O=C1C2C(Cc3ccccc3)NC(c3ccc([N+](=O)[O-])cc3)C2C(=O)N1c1ccccc1. The lowest BCUT2D eigenvalue weighted by Crippen LogP contribution is -2.40. The molecule has 4 unspecified atom stereocenters. The lowest BCUT2D eigenvalue weighted by Gasteiger charge is -2.23.